The summed E-state index contributed by atoms with van der Waals surface area (Å²) in [7, 11) is 0. The average molecular weight is 447 g/mol. The Balaban J connectivity index is 1.36. The van der Waals surface area contributed by atoms with E-state index in [1.54, 1.807) is 24.3 Å². The molecule has 0 amide bonds. The third-order valence-corrected chi connectivity index (χ3v) is 7.64. The van der Waals surface area contributed by atoms with Crippen molar-refractivity contribution in [3.05, 3.63) is 89.8 Å². The van der Waals surface area contributed by atoms with Crippen molar-refractivity contribution in [1.82, 2.24) is 0 Å². The first-order chi connectivity index (χ1) is 16.1. The number of ether oxygens (including phenoxy) is 1. The van der Waals surface area contributed by atoms with Gasteiger partial charge in [-0.2, -0.15) is 0 Å². The maximum absolute atomic E-state index is 14.9. The normalized spacial score (nSPS) is 24.9. The average Bonchev–Trinajstić information content (AvgIpc) is 2.84. The van der Waals surface area contributed by atoms with Gasteiger partial charge in [-0.3, -0.25) is 0 Å². The Morgan fingerprint density at radius 3 is 2.55 bits per heavy atom. The molecule has 174 valence electrons. The van der Waals surface area contributed by atoms with Gasteiger partial charge in [0.15, 0.2) is 0 Å². The van der Waals surface area contributed by atoms with Gasteiger partial charge in [-0.25, -0.2) is 9.18 Å². The number of esters is 1. The molecule has 0 saturated heterocycles. The molecule has 2 saturated carbocycles. The molecule has 2 fully saturated rings. The van der Waals surface area contributed by atoms with Gasteiger partial charge in [0.1, 0.15) is 11.6 Å². The summed E-state index contributed by atoms with van der Waals surface area (Å²) in [6.07, 6.45) is 15.4. The van der Waals surface area contributed by atoms with Gasteiger partial charge in [0.25, 0.3) is 0 Å². The van der Waals surface area contributed by atoms with E-state index in [1.165, 1.54) is 31.2 Å². The zero-order chi connectivity index (χ0) is 23.2. The number of allylic oxidation sites excluding steroid dienone is 3. The monoisotopic (exact) mass is 446 g/mol. The summed E-state index contributed by atoms with van der Waals surface area (Å²) in [6, 6.07) is 12.5. The number of aryl methyl sites for hydroxylation is 1. The van der Waals surface area contributed by atoms with Crippen LogP contribution in [0.3, 0.4) is 0 Å². The highest BCUT2D eigenvalue weighted by Crippen LogP contribution is 2.47. The molecule has 0 aromatic heterocycles. The van der Waals surface area contributed by atoms with Crippen molar-refractivity contribution in [2.24, 2.45) is 17.8 Å². The highest BCUT2D eigenvalue weighted by molar-refractivity contribution is 5.91. The van der Waals surface area contributed by atoms with Gasteiger partial charge in [0, 0.05) is 0 Å². The van der Waals surface area contributed by atoms with Crippen LogP contribution < -0.4 is 4.74 Å². The van der Waals surface area contributed by atoms with E-state index in [9.17, 15) is 9.18 Å². The second-order valence-electron chi connectivity index (χ2n) is 9.72. The molecule has 0 bridgehead atoms. The molecule has 4 unspecified atom stereocenters. The van der Waals surface area contributed by atoms with Crippen LogP contribution in [0.4, 0.5) is 4.39 Å². The van der Waals surface area contributed by atoms with E-state index in [2.05, 4.69) is 18.7 Å². The summed E-state index contributed by atoms with van der Waals surface area (Å²) in [5.74, 6) is 1.86. The zero-order valence-corrected chi connectivity index (χ0v) is 19.6. The number of hydrogen-bond donors (Lipinski definition) is 0. The van der Waals surface area contributed by atoms with E-state index >= 15 is 0 Å². The molecule has 2 aromatic rings. The Bertz CT molecular complexity index is 991. The lowest BCUT2D eigenvalue weighted by Gasteiger charge is -2.41. The van der Waals surface area contributed by atoms with Crippen LogP contribution in [0.2, 0.25) is 0 Å². The van der Waals surface area contributed by atoms with E-state index in [-0.39, 0.29) is 5.56 Å². The third-order valence-electron chi connectivity index (χ3n) is 7.64. The highest BCUT2D eigenvalue weighted by Gasteiger charge is 2.35. The number of carbonyl (C=O) groups is 1. The van der Waals surface area contributed by atoms with Gasteiger partial charge in [-0.15, -0.1) is 6.58 Å². The second-order valence-corrected chi connectivity index (χ2v) is 9.72. The standard InChI is InChI=1S/C30H35FO2/c1-3-5-6-7-22-9-15-27(16-10-22)33-30(32)28-17-14-26(20-29(28)31)25-13-12-23-18-21(4-2)8-11-24(23)19-25/h3-5,9-10,14-17,20-21,23-25H,2,6-8,11-13,18-19H2,1H3/b5-3+. The van der Waals surface area contributed by atoms with Crippen LogP contribution in [-0.4, -0.2) is 5.97 Å². The minimum absolute atomic E-state index is 0.00362. The van der Waals surface area contributed by atoms with E-state index in [0.29, 0.717) is 17.6 Å². The molecule has 3 heteroatoms. The smallest absolute Gasteiger partial charge is 0.346 e. The van der Waals surface area contributed by atoms with Crippen molar-refractivity contribution in [3.63, 3.8) is 0 Å². The lowest BCUT2D eigenvalue weighted by molar-refractivity contribution is 0.0729. The molecular weight excluding hydrogens is 411 g/mol. The van der Waals surface area contributed by atoms with Crippen molar-refractivity contribution in [2.75, 3.05) is 0 Å². The number of carbonyl (C=O) groups excluding carboxylic acids is 1. The Hall–Kier alpha value is -2.68. The molecule has 0 heterocycles. The second kappa shape index (κ2) is 11.0. The van der Waals surface area contributed by atoms with Crippen LogP contribution in [0, 0.1) is 23.6 Å². The fraction of sp³-hybridized carbons (Fsp3) is 0.433. The van der Waals surface area contributed by atoms with Crippen molar-refractivity contribution >= 4 is 5.97 Å². The van der Waals surface area contributed by atoms with Crippen LogP contribution in [0.15, 0.2) is 67.3 Å². The third kappa shape index (κ3) is 5.82. The first-order valence-electron chi connectivity index (χ1n) is 12.4. The molecule has 2 aromatic carbocycles. The number of halogens is 1. The quantitative estimate of drug-likeness (QED) is 0.244. The zero-order valence-electron chi connectivity index (χ0n) is 19.6. The molecule has 0 aliphatic heterocycles. The number of fused-ring (bicyclic) bond motifs is 1. The van der Waals surface area contributed by atoms with E-state index in [4.69, 9.17) is 4.74 Å². The maximum atomic E-state index is 14.9. The predicted octanol–water partition coefficient (Wildman–Crippen LogP) is 8.04. The van der Waals surface area contributed by atoms with E-state index in [1.807, 2.05) is 31.2 Å². The molecule has 0 N–H and O–H groups in total. The Labute approximate surface area is 197 Å². The summed E-state index contributed by atoms with van der Waals surface area (Å²) < 4.78 is 20.3. The fourth-order valence-electron chi connectivity index (χ4n) is 5.70. The van der Waals surface area contributed by atoms with E-state index < -0.39 is 11.8 Å². The summed E-state index contributed by atoms with van der Waals surface area (Å²) in [6.45, 7) is 5.99. The highest BCUT2D eigenvalue weighted by atomic mass is 19.1. The van der Waals surface area contributed by atoms with Crippen molar-refractivity contribution in [3.8, 4) is 5.75 Å². The number of rotatable bonds is 7. The molecule has 2 aliphatic carbocycles. The molecule has 2 nitrogen and oxygen atoms in total. The molecule has 4 rings (SSSR count). The van der Waals surface area contributed by atoms with Crippen LogP contribution in [0.5, 0.6) is 5.75 Å². The summed E-state index contributed by atoms with van der Waals surface area (Å²) in [4.78, 5) is 12.6. The van der Waals surface area contributed by atoms with Gasteiger partial charge in [0.2, 0.25) is 0 Å². The summed E-state index contributed by atoms with van der Waals surface area (Å²) in [5, 5.41) is 0. The lowest BCUT2D eigenvalue weighted by atomic mass is 9.64. The van der Waals surface area contributed by atoms with Crippen molar-refractivity contribution < 1.29 is 13.9 Å². The lowest BCUT2D eigenvalue weighted by Crippen LogP contribution is -2.30. The SMILES string of the molecule is C=CC1CCC2CC(c3ccc(C(=O)Oc4ccc(CC/C=C/C)cc4)c(F)c3)CCC2C1. The molecule has 0 radical (unpaired) electrons. The van der Waals surface area contributed by atoms with Crippen LogP contribution >= 0.6 is 0 Å². The minimum Gasteiger partial charge on any atom is -0.423 e. The summed E-state index contributed by atoms with van der Waals surface area (Å²) >= 11 is 0. The minimum atomic E-state index is -0.646. The molecular formula is C30H35FO2. The first kappa shape index (κ1) is 23.5. The molecule has 4 atom stereocenters. The van der Waals surface area contributed by atoms with Crippen molar-refractivity contribution in [2.45, 2.75) is 64.2 Å². The van der Waals surface area contributed by atoms with Gasteiger partial charge in [0.05, 0.1) is 5.56 Å². The molecule has 33 heavy (non-hydrogen) atoms. The number of benzene rings is 2. The summed E-state index contributed by atoms with van der Waals surface area (Å²) in [5.41, 5.74) is 2.19. The predicted molar refractivity (Wildman–Crippen MR) is 132 cm³/mol. The Kier molecular flexibility index (Phi) is 7.80. The maximum Gasteiger partial charge on any atom is 0.346 e. The van der Waals surface area contributed by atoms with Crippen molar-refractivity contribution in [1.29, 1.82) is 0 Å². The van der Waals surface area contributed by atoms with Crippen LogP contribution in [0.1, 0.15) is 79.3 Å². The fourth-order valence-corrected chi connectivity index (χ4v) is 5.70. The van der Waals surface area contributed by atoms with Crippen LogP contribution in [0.25, 0.3) is 0 Å². The van der Waals surface area contributed by atoms with Gasteiger partial charge >= 0.3 is 5.97 Å². The Morgan fingerprint density at radius 2 is 1.82 bits per heavy atom. The van der Waals surface area contributed by atoms with E-state index in [0.717, 1.165) is 43.1 Å². The van der Waals surface area contributed by atoms with Gasteiger partial charge in [-0.05, 0) is 117 Å². The largest absolute Gasteiger partial charge is 0.423 e. The first-order valence-corrected chi connectivity index (χ1v) is 12.4. The molecule has 2 aliphatic rings. The number of hydrogen-bond acceptors (Lipinski definition) is 2. The van der Waals surface area contributed by atoms with Crippen LogP contribution in [-0.2, 0) is 6.42 Å². The van der Waals surface area contributed by atoms with Gasteiger partial charge < -0.3 is 4.74 Å². The Morgan fingerprint density at radius 1 is 1.06 bits per heavy atom. The van der Waals surface area contributed by atoms with Gasteiger partial charge in [-0.1, -0.05) is 36.4 Å². The molecule has 0 spiro atoms. The topological polar surface area (TPSA) is 26.3 Å².